The molecule has 0 radical (unpaired) electrons. The highest BCUT2D eigenvalue weighted by Gasteiger charge is 2.21. The van der Waals surface area contributed by atoms with Crippen LogP contribution in [0.2, 0.25) is 0 Å². The van der Waals surface area contributed by atoms with Gasteiger partial charge in [0.25, 0.3) is 0 Å². The highest BCUT2D eigenvalue weighted by Crippen LogP contribution is 2.06. The van der Waals surface area contributed by atoms with Gasteiger partial charge in [0.1, 0.15) is 0 Å². The summed E-state index contributed by atoms with van der Waals surface area (Å²) in [6.45, 7) is 8.13. The Labute approximate surface area is 166 Å². The second kappa shape index (κ2) is 12.7. The molecule has 0 spiro atoms. The van der Waals surface area contributed by atoms with Crippen molar-refractivity contribution in [2.45, 2.75) is 26.3 Å². The normalized spacial score (nSPS) is 20.8. The van der Waals surface area contributed by atoms with E-state index in [2.05, 4.69) is 18.7 Å². The van der Waals surface area contributed by atoms with Crippen LogP contribution in [0.25, 0.3) is 0 Å². The molecule has 0 aromatic heterocycles. The molecule has 10 heteroatoms. The van der Waals surface area contributed by atoms with Gasteiger partial charge in [-0.1, -0.05) is 6.92 Å². The Hall–Kier alpha value is -1.75. The summed E-state index contributed by atoms with van der Waals surface area (Å²) in [5.41, 5.74) is 0. The van der Waals surface area contributed by atoms with Gasteiger partial charge in [-0.25, -0.2) is 0 Å². The molecule has 0 bridgehead atoms. The van der Waals surface area contributed by atoms with Crippen molar-refractivity contribution < 1.29 is 29.7 Å². The lowest BCUT2D eigenvalue weighted by Crippen LogP contribution is -2.49. The summed E-state index contributed by atoms with van der Waals surface area (Å²) in [4.78, 5) is 41.2. The van der Waals surface area contributed by atoms with Gasteiger partial charge in [-0.15, -0.1) is 0 Å². The first-order valence-corrected chi connectivity index (χ1v) is 9.77. The van der Waals surface area contributed by atoms with E-state index >= 15 is 0 Å². The van der Waals surface area contributed by atoms with Crippen LogP contribution in [0.3, 0.4) is 0 Å². The van der Waals surface area contributed by atoms with E-state index in [9.17, 15) is 24.6 Å². The molecular weight excluding hydrogens is 368 g/mol. The zero-order chi connectivity index (χ0) is 21.1. The Morgan fingerprint density at radius 1 is 0.679 bits per heavy atom. The summed E-state index contributed by atoms with van der Waals surface area (Å²) in [6.07, 6.45) is 0.949. The van der Waals surface area contributed by atoms with Gasteiger partial charge in [0.15, 0.2) is 0 Å². The number of hydrogen-bond donors (Lipinski definition) is 3. The van der Waals surface area contributed by atoms with Crippen molar-refractivity contribution in [1.82, 2.24) is 19.6 Å². The average molecular weight is 402 g/mol. The summed E-state index contributed by atoms with van der Waals surface area (Å²) in [7, 11) is 0. The molecule has 1 fully saturated rings. The largest absolute Gasteiger partial charge is 0.480 e. The van der Waals surface area contributed by atoms with Crippen LogP contribution in [0.1, 0.15) is 20.3 Å². The van der Waals surface area contributed by atoms with E-state index in [-0.39, 0.29) is 19.6 Å². The van der Waals surface area contributed by atoms with Crippen molar-refractivity contribution >= 4 is 17.9 Å². The molecule has 0 aromatic carbocycles. The second-order valence-corrected chi connectivity index (χ2v) is 7.30. The lowest BCUT2D eigenvalue weighted by Gasteiger charge is -2.35. The maximum absolute atomic E-state index is 11.2. The number of aliphatic carboxylic acids is 3. The molecule has 0 aliphatic carbocycles. The van der Waals surface area contributed by atoms with E-state index in [0.29, 0.717) is 58.4 Å². The van der Waals surface area contributed by atoms with Crippen molar-refractivity contribution in [3.8, 4) is 0 Å². The zero-order valence-corrected chi connectivity index (χ0v) is 16.9. The van der Waals surface area contributed by atoms with E-state index < -0.39 is 17.9 Å². The minimum Gasteiger partial charge on any atom is -0.480 e. The third kappa shape index (κ3) is 9.98. The third-order valence-corrected chi connectivity index (χ3v) is 5.16. The van der Waals surface area contributed by atoms with Gasteiger partial charge < -0.3 is 15.3 Å². The Morgan fingerprint density at radius 2 is 0.964 bits per heavy atom. The smallest absolute Gasteiger partial charge is 0.317 e. The Balaban J connectivity index is 2.92. The number of hydrogen-bond acceptors (Lipinski definition) is 7. The zero-order valence-electron chi connectivity index (χ0n) is 16.9. The third-order valence-electron chi connectivity index (χ3n) is 5.16. The van der Waals surface area contributed by atoms with Crippen LogP contribution in [-0.4, -0.2) is 131 Å². The summed E-state index contributed by atoms with van der Waals surface area (Å²) in [5, 5.41) is 27.5. The number of nitrogens with zero attached hydrogens (tertiary/aromatic N) is 4. The van der Waals surface area contributed by atoms with E-state index in [1.165, 1.54) is 0 Å². The average Bonchev–Trinajstić information content (AvgIpc) is 2.59. The van der Waals surface area contributed by atoms with Crippen LogP contribution in [0.5, 0.6) is 0 Å². The molecule has 1 saturated heterocycles. The quantitative estimate of drug-likeness (QED) is 0.478. The fraction of sp³-hybridized carbons (Fsp3) is 0.833. The lowest BCUT2D eigenvalue weighted by atomic mass is 10.2. The first-order valence-electron chi connectivity index (χ1n) is 9.77. The van der Waals surface area contributed by atoms with E-state index in [1.807, 2.05) is 9.80 Å². The van der Waals surface area contributed by atoms with Gasteiger partial charge in [0.2, 0.25) is 0 Å². The predicted molar refractivity (Wildman–Crippen MR) is 104 cm³/mol. The molecular formula is C18H34N4O6. The summed E-state index contributed by atoms with van der Waals surface area (Å²) in [5.74, 6) is -2.76. The van der Waals surface area contributed by atoms with Gasteiger partial charge in [-0.2, -0.15) is 0 Å². The lowest BCUT2D eigenvalue weighted by molar-refractivity contribution is -0.140. The van der Waals surface area contributed by atoms with Crippen molar-refractivity contribution in [3.05, 3.63) is 0 Å². The Kier molecular flexibility index (Phi) is 11.0. The van der Waals surface area contributed by atoms with Crippen LogP contribution < -0.4 is 0 Å². The summed E-state index contributed by atoms with van der Waals surface area (Å²) < 4.78 is 0. The highest BCUT2D eigenvalue weighted by atomic mass is 16.4. The fourth-order valence-corrected chi connectivity index (χ4v) is 3.30. The second-order valence-electron chi connectivity index (χ2n) is 7.30. The molecule has 10 nitrogen and oxygen atoms in total. The van der Waals surface area contributed by atoms with Gasteiger partial charge in [-0.3, -0.25) is 34.0 Å². The fourth-order valence-electron chi connectivity index (χ4n) is 3.30. The van der Waals surface area contributed by atoms with Crippen LogP contribution in [0.4, 0.5) is 0 Å². The molecule has 1 aliphatic heterocycles. The van der Waals surface area contributed by atoms with Gasteiger partial charge in [0, 0.05) is 58.4 Å². The molecule has 0 saturated carbocycles. The number of carboxylic acids is 3. The minimum atomic E-state index is -0.954. The molecule has 1 heterocycles. The molecule has 0 amide bonds. The van der Waals surface area contributed by atoms with Gasteiger partial charge >= 0.3 is 17.9 Å². The van der Waals surface area contributed by atoms with Crippen LogP contribution >= 0.6 is 0 Å². The SMILES string of the molecule is CCC(C)N1CCN(CC(=O)O)CCN(CC(=O)O)CCN(CC(=O)O)CC1. The maximum Gasteiger partial charge on any atom is 0.317 e. The summed E-state index contributed by atoms with van der Waals surface area (Å²) in [6, 6.07) is 0.310. The molecule has 1 unspecified atom stereocenters. The molecule has 162 valence electrons. The van der Waals surface area contributed by atoms with Crippen molar-refractivity contribution in [2.24, 2.45) is 0 Å². The molecule has 1 atom stereocenters. The number of carbonyl (C=O) groups is 3. The van der Waals surface area contributed by atoms with Crippen LogP contribution in [0.15, 0.2) is 0 Å². The van der Waals surface area contributed by atoms with Crippen LogP contribution in [0, 0.1) is 0 Å². The van der Waals surface area contributed by atoms with Crippen molar-refractivity contribution in [2.75, 3.05) is 72.0 Å². The van der Waals surface area contributed by atoms with E-state index in [0.717, 1.165) is 6.42 Å². The van der Waals surface area contributed by atoms with Crippen molar-refractivity contribution in [1.29, 1.82) is 0 Å². The topological polar surface area (TPSA) is 125 Å². The predicted octanol–water partition coefficient (Wildman–Crippen LogP) is -0.740. The first-order chi connectivity index (χ1) is 13.2. The van der Waals surface area contributed by atoms with Crippen molar-refractivity contribution in [3.63, 3.8) is 0 Å². The molecule has 28 heavy (non-hydrogen) atoms. The van der Waals surface area contributed by atoms with Crippen LogP contribution in [-0.2, 0) is 14.4 Å². The Morgan fingerprint density at radius 3 is 1.21 bits per heavy atom. The molecule has 0 aromatic rings. The van der Waals surface area contributed by atoms with Gasteiger partial charge in [0.05, 0.1) is 19.6 Å². The summed E-state index contributed by atoms with van der Waals surface area (Å²) >= 11 is 0. The minimum absolute atomic E-state index is 0.0829. The maximum atomic E-state index is 11.2. The molecule has 1 aliphatic rings. The highest BCUT2D eigenvalue weighted by molar-refractivity contribution is 5.69. The molecule has 3 N–H and O–H groups in total. The first kappa shape index (κ1) is 24.3. The van der Waals surface area contributed by atoms with Gasteiger partial charge in [-0.05, 0) is 13.3 Å². The monoisotopic (exact) mass is 402 g/mol. The number of carboxylic acid groups (broad SMARTS) is 3. The number of rotatable bonds is 8. The Bertz CT molecular complexity index is 486. The molecule has 1 rings (SSSR count). The van der Waals surface area contributed by atoms with E-state index in [4.69, 9.17) is 5.11 Å². The standard InChI is InChI=1S/C18H34N4O6/c1-3-15(2)22-10-8-20(13-17(25)26)6-4-19(12-16(23)24)5-7-21(9-11-22)14-18(27)28/h15H,3-14H2,1-2H3,(H,23,24)(H,25,26)(H,27,28). The van der Waals surface area contributed by atoms with E-state index in [1.54, 1.807) is 4.90 Å².